The molecule has 1 aliphatic rings. The minimum Gasteiger partial charge on any atom is -0.497 e. The molecule has 0 unspecified atom stereocenters. The summed E-state index contributed by atoms with van der Waals surface area (Å²) in [5.41, 5.74) is 3.61. The zero-order chi connectivity index (χ0) is 18.5. The van der Waals surface area contributed by atoms with E-state index in [9.17, 15) is 9.59 Å². The van der Waals surface area contributed by atoms with Gasteiger partial charge in [-0.3, -0.25) is 4.79 Å². The molecular formula is C21H21NO4. The van der Waals surface area contributed by atoms with Crippen LogP contribution in [0.5, 0.6) is 5.75 Å². The highest BCUT2D eigenvalue weighted by atomic mass is 16.5. The van der Waals surface area contributed by atoms with Gasteiger partial charge in [-0.25, -0.2) is 4.79 Å². The zero-order valence-corrected chi connectivity index (χ0v) is 14.9. The average Bonchev–Trinajstić information content (AvgIpc) is 2.68. The molecule has 0 radical (unpaired) electrons. The second-order valence-corrected chi connectivity index (χ2v) is 6.05. The number of nitrogens with zero attached hydrogens (tertiary/aromatic N) is 1. The number of ether oxygens (including phenoxy) is 2. The first-order valence-electron chi connectivity index (χ1n) is 8.42. The molecule has 134 valence electrons. The molecule has 0 atom stereocenters. The Balaban J connectivity index is 1.79. The number of rotatable bonds is 5. The summed E-state index contributed by atoms with van der Waals surface area (Å²) in [6.45, 7) is 1.20. The van der Waals surface area contributed by atoms with E-state index in [1.165, 1.54) is 13.2 Å². The third-order valence-electron chi connectivity index (χ3n) is 4.49. The number of fused-ring (bicyclic) bond motifs is 1. The van der Waals surface area contributed by atoms with Gasteiger partial charge >= 0.3 is 5.97 Å². The Labute approximate surface area is 152 Å². The lowest BCUT2D eigenvalue weighted by atomic mass is 9.93. The fraction of sp³-hybridized carbons (Fsp3) is 0.238. The predicted octanol–water partition coefficient (Wildman–Crippen LogP) is 3.08. The number of carbonyl (C=O) groups excluding carboxylic acids is 2. The lowest BCUT2D eigenvalue weighted by molar-refractivity contribution is -0.134. The van der Waals surface area contributed by atoms with Crippen LogP contribution in [0.3, 0.4) is 0 Å². The van der Waals surface area contributed by atoms with Crippen molar-refractivity contribution in [2.75, 3.05) is 20.8 Å². The van der Waals surface area contributed by atoms with Crippen LogP contribution >= 0.6 is 0 Å². The van der Waals surface area contributed by atoms with Gasteiger partial charge in [0.05, 0.1) is 14.2 Å². The van der Waals surface area contributed by atoms with Crippen LogP contribution in [0.2, 0.25) is 0 Å². The first-order valence-corrected chi connectivity index (χ1v) is 8.42. The topological polar surface area (TPSA) is 55.8 Å². The Morgan fingerprint density at radius 2 is 1.92 bits per heavy atom. The van der Waals surface area contributed by atoms with Crippen LogP contribution < -0.4 is 4.74 Å². The highest BCUT2D eigenvalue weighted by molar-refractivity contribution is 5.98. The molecule has 2 aromatic rings. The molecule has 5 nitrogen and oxygen atoms in total. The minimum atomic E-state index is -0.411. The SMILES string of the molecule is COC(=O)/C=C/c1cccc2c1CCN(Cc1ccc(OC)cc1)C2=O. The Bertz CT molecular complexity index is 840. The summed E-state index contributed by atoms with van der Waals surface area (Å²) in [6, 6.07) is 13.3. The molecule has 0 aromatic heterocycles. The molecule has 0 N–H and O–H groups in total. The maximum absolute atomic E-state index is 12.9. The van der Waals surface area contributed by atoms with Crippen molar-refractivity contribution in [1.82, 2.24) is 4.90 Å². The molecule has 1 heterocycles. The molecule has 0 aliphatic carbocycles. The number of methoxy groups -OCH3 is 2. The summed E-state index contributed by atoms with van der Waals surface area (Å²) >= 11 is 0. The van der Waals surface area contributed by atoms with Crippen molar-refractivity contribution in [3.8, 4) is 5.75 Å². The molecule has 5 heteroatoms. The highest BCUT2D eigenvalue weighted by Crippen LogP contribution is 2.25. The standard InChI is InChI=1S/C21H21NO4/c1-25-17-9-6-15(7-10-17)14-22-13-12-18-16(8-11-20(23)26-2)4-3-5-19(18)21(22)24/h3-11H,12-14H2,1-2H3/b11-8+. The summed E-state index contributed by atoms with van der Waals surface area (Å²) in [5, 5.41) is 0. The van der Waals surface area contributed by atoms with Crippen LogP contribution in [0.4, 0.5) is 0 Å². The Morgan fingerprint density at radius 3 is 2.62 bits per heavy atom. The van der Waals surface area contributed by atoms with E-state index in [4.69, 9.17) is 4.74 Å². The summed E-state index contributed by atoms with van der Waals surface area (Å²) in [7, 11) is 2.97. The van der Waals surface area contributed by atoms with E-state index < -0.39 is 5.97 Å². The maximum Gasteiger partial charge on any atom is 0.330 e. The summed E-state index contributed by atoms with van der Waals surface area (Å²) in [4.78, 5) is 26.0. The van der Waals surface area contributed by atoms with Crippen molar-refractivity contribution < 1.29 is 19.1 Å². The van der Waals surface area contributed by atoms with Crippen molar-refractivity contribution in [2.45, 2.75) is 13.0 Å². The number of esters is 1. The molecule has 0 bridgehead atoms. The average molecular weight is 351 g/mol. The van der Waals surface area contributed by atoms with E-state index in [0.29, 0.717) is 18.7 Å². The molecule has 0 fully saturated rings. The smallest absolute Gasteiger partial charge is 0.330 e. The molecule has 26 heavy (non-hydrogen) atoms. The van der Waals surface area contributed by atoms with Gasteiger partial charge in [0.1, 0.15) is 5.75 Å². The van der Waals surface area contributed by atoms with Crippen LogP contribution in [-0.4, -0.2) is 37.5 Å². The second kappa shape index (κ2) is 7.87. The molecule has 2 aromatic carbocycles. The Kier molecular flexibility index (Phi) is 5.37. The highest BCUT2D eigenvalue weighted by Gasteiger charge is 2.25. The molecule has 0 saturated heterocycles. The first kappa shape index (κ1) is 17.7. The van der Waals surface area contributed by atoms with E-state index in [0.717, 1.165) is 28.9 Å². The fourth-order valence-corrected chi connectivity index (χ4v) is 3.09. The molecule has 3 rings (SSSR count). The number of carbonyl (C=O) groups is 2. The van der Waals surface area contributed by atoms with Gasteiger partial charge in [0, 0.05) is 24.7 Å². The van der Waals surface area contributed by atoms with E-state index in [1.54, 1.807) is 13.2 Å². The molecular weight excluding hydrogens is 330 g/mol. The van der Waals surface area contributed by atoms with E-state index >= 15 is 0 Å². The second-order valence-electron chi connectivity index (χ2n) is 6.05. The summed E-state index contributed by atoms with van der Waals surface area (Å²) in [6.07, 6.45) is 3.83. The third kappa shape index (κ3) is 3.77. The van der Waals surface area contributed by atoms with Crippen molar-refractivity contribution in [2.24, 2.45) is 0 Å². The van der Waals surface area contributed by atoms with Gasteiger partial charge in [0.2, 0.25) is 0 Å². The minimum absolute atomic E-state index is 0.00962. The van der Waals surface area contributed by atoms with Gasteiger partial charge in [-0.1, -0.05) is 24.3 Å². The lowest BCUT2D eigenvalue weighted by Crippen LogP contribution is -2.37. The van der Waals surface area contributed by atoms with Gasteiger partial charge in [-0.2, -0.15) is 0 Å². The van der Waals surface area contributed by atoms with Crippen molar-refractivity contribution >= 4 is 18.0 Å². The third-order valence-corrected chi connectivity index (χ3v) is 4.49. The van der Waals surface area contributed by atoms with E-state index in [1.807, 2.05) is 47.4 Å². The number of hydrogen-bond acceptors (Lipinski definition) is 4. The quantitative estimate of drug-likeness (QED) is 0.614. The molecule has 1 amide bonds. The predicted molar refractivity (Wildman–Crippen MR) is 98.9 cm³/mol. The Morgan fingerprint density at radius 1 is 1.15 bits per heavy atom. The van der Waals surface area contributed by atoms with Crippen molar-refractivity contribution in [3.63, 3.8) is 0 Å². The summed E-state index contributed by atoms with van der Waals surface area (Å²) in [5.74, 6) is 0.396. The number of benzene rings is 2. The van der Waals surface area contributed by atoms with Crippen LogP contribution in [0.1, 0.15) is 27.0 Å². The molecule has 0 spiro atoms. The van der Waals surface area contributed by atoms with Crippen LogP contribution in [0.25, 0.3) is 6.08 Å². The van der Waals surface area contributed by atoms with Crippen molar-refractivity contribution in [3.05, 3.63) is 70.8 Å². The largest absolute Gasteiger partial charge is 0.497 e. The Hall–Kier alpha value is -3.08. The summed E-state index contributed by atoms with van der Waals surface area (Å²) < 4.78 is 9.80. The van der Waals surface area contributed by atoms with Gasteiger partial charge in [0.15, 0.2) is 0 Å². The van der Waals surface area contributed by atoms with Crippen LogP contribution in [0, 0.1) is 0 Å². The van der Waals surface area contributed by atoms with Crippen LogP contribution in [0.15, 0.2) is 48.5 Å². The first-order chi connectivity index (χ1) is 12.6. The number of hydrogen-bond donors (Lipinski definition) is 0. The van der Waals surface area contributed by atoms with E-state index in [-0.39, 0.29) is 5.91 Å². The molecule has 0 saturated carbocycles. The van der Waals surface area contributed by atoms with Gasteiger partial charge in [-0.15, -0.1) is 0 Å². The monoisotopic (exact) mass is 351 g/mol. The normalized spacial score (nSPS) is 13.6. The lowest BCUT2D eigenvalue weighted by Gasteiger charge is -2.29. The van der Waals surface area contributed by atoms with Crippen molar-refractivity contribution in [1.29, 1.82) is 0 Å². The number of amides is 1. The van der Waals surface area contributed by atoms with Gasteiger partial charge in [-0.05, 0) is 47.4 Å². The van der Waals surface area contributed by atoms with E-state index in [2.05, 4.69) is 4.74 Å². The fourth-order valence-electron chi connectivity index (χ4n) is 3.09. The maximum atomic E-state index is 12.9. The van der Waals surface area contributed by atoms with Crippen LogP contribution in [-0.2, 0) is 22.5 Å². The van der Waals surface area contributed by atoms with Gasteiger partial charge in [0.25, 0.3) is 5.91 Å². The van der Waals surface area contributed by atoms with Gasteiger partial charge < -0.3 is 14.4 Å². The molecule has 1 aliphatic heterocycles. The zero-order valence-electron chi connectivity index (χ0n) is 14.9.